The second-order valence-electron chi connectivity index (χ2n) is 7.41. The molecule has 0 spiro atoms. The highest BCUT2D eigenvalue weighted by atomic mass is 16.2. The van der Waals surface area contributed by atoms with E-state index in [1.165, 1.54) is 12.8 Å². The van der Waals surface area contributed by atoms with Gasteiger partial charge >= 0.3 is 0 Å². The van der Waals surface area contributed by atoms with Gasteiger partial charge in [0.1, 0.15) is 11.4 Å². The van der Waals surface area contributed by atoms with Crippen molar-refractivity contribution in [3.05, 3.63) is 29.6 Å². The van der Waals surface area contributed by atoms with E-state index in [0.29, 0.717) is 23.2 Å². The van der Waals surface area contributed by atoms with Gasteiger partial charge < -0.3 is 9.80 Å². The van der Waals surface area contributed by atoms with Gasteiger partial charge in [0.05, 0.1) is 0 Å². The number of likely N-dealkylation sites (tertiary alicyclic amines) is 2. The molecule has 2 saturated heterocycles. The average Bonchev–Trinajstić information content (AvgIpc) is 2.60. The summed E-state index contributed by atoms with van der Waals surface area (Å²) in [5.41, 5.74) is 0.778. The van der Waals surface area contributed by atoms with E-state index in [1.807, 2.05) is 9.80 Å². The molecule has 1 aromatic heterocycles. The molecule has 24 heavy (non-hydrogen) atoms. The van der Waals surface area contributed by atoms with Crippen molar-refractivity contribution >= 4 is 11.8 Å². The van der Waals surface area contributed by atoms with E-state index >= 15 is 0 Å². The molecule has 0 radical (unpaired) electrons. The number of hydrogen-bond acceptors (Lipinski definition) is 3. The van der Waals surface area contributed by atoms with Gasteiger partial charge in [-0.1, -0.05) is 19.9 Å². The van der Waals surface area contributed by atoms with Crippen LogP contribution in [0.4, 0.5) is 0 Å². The number of amides is 2. The van der Waals surface area contributed by atoms with Gasteiger partial charge in [-0.2, -0.15) is 0 Å². The fourth-order valence-corrected chi connectivity index (χ4v) is 3.74. The Kier molecular flexibility index (Phi) is 5.17. The lowest BCUT2D eigenvalue weighted by atomic mass is 10.00. The summed E-state index contributed by atoms with van der Waals surface area (Å²) in [6.07, 6.45) is 4.42. The van der Waals surface area contributed by atoms with Crippen molar-refractivity contribution in [2.45, 2.75) is 39.5 Å². The number of aromatic nitrogens is 1. The third kappa shape index (κ3) is 3.77. The van der Waals surface area contributed by atoms with Crippen LogP contribution in [0.15, 0.2) is 18.2 Å². The van der Waals surface area contributed by atoms with Crippen molar-refractivity contribution in [1.29, 1.82) is 0 Å². The molecule has 2 unspecified atom stereocenters. The predicted octanol–water partition coefficient (Wildman–Crippen LogP) is 2.83. The van der Waals surface area contributed by atoms with Gasteiger partial charge in [-0.15, -0.1) is 0 Å². The minimum atomic E-state index is -0.0526. The molecule has 2 aliphatic heterocycles. The molecule has 3 heterocycles. The van der Waals surface area contributed by atoms with Gasteiger partial charge in [0, 0.05) is 26.2 Å². The zero-order chi connectivity index (χ0) is 17.1. The molecule has 0 aliphatic carbocycles. The van der Waals surface area contributed by atoms with E-state index in [2.05, 4.69) is 18.8 Å². The van der Waals surface area contributed by atoms with Crippen molar-refractivity contribution in [1.82, 2.24) is 14.8 Å². The summed E-state index contributed by atoms with van der Waals surface area (Å²) in [5, 5.41) is 0. The Morgan fingerprint density at radius 1 is 0.917 bits per heavy atom. The van der Waals surface area contributed by atoms with E-state index in [9.17, 15) is 9.59 Å². The summed E-state index contributed by atoms with van der Waals surface area (Å²) in [4.78, 5) is 33.5. The largest absolute Gasteiger partial charge is 0.337 e. The highest BCUT2D eigenvalue weighted by molar-refractivity contribution is 5.96. The van der Waals surface area contributed by atoms with Gasteiger partial charge in [-0.05, 0) is 49.7 Å². The van der Waals surface area contributed by atoms with Crippen LogP contribution in [0, 0.1) is 11.8 Å². The van der Waals surface area contributed by atoms with Crippen LogP contribution < -0.4 is 0 Å². The number of rotatable bonds is 2. The Morgan fingerprint density at radius 2 is 1.38 bits per heavy atom. The molecule has 2 aliphatic rings. The standard InChI is InChI=1S/C19H27N3O2/c1-14-6-4-10-21(12-14)18(23)16-8-3-9-17(20-16)19(24)22-11-5-7-15(2)13-22/h3,8-9,14-15H,4-7,10-13H2,1-2H3. The first-order chi connectivity index (χ1) is 11.5. The molecule has 5 nitrogen and oxygen atoms in total. The van der Waals surface area contributed by atoms with Gasteiger partial charge in [0.15, 0.2) is 0 Å². The van der Waals surface area contributed by atoms with E-state index < -0.39 is 0 Å². The SMILES string of the molecule is CC1CCCN(C(=O)c2cccc(C(=O)N3CCCC(C)C3)n2)C1. The predicted molar refractivity (Wildman–Crippen MR) is 92.8 cm³/mol. The zero-order valence-corrected chi connectivity index (χ0v) is 14.7. The highest BCUT2D eigenvalue weighted by Gasteiger charge is 2.26. The summed E-state index contributed by atoms with van der Waals surface area (Å²) in [6, 6.07) is 5.21. The van der Waals surface area contributed by atoms with Gasteiger partial charge in [-0.3, -0.25) is 9.59 Å². The van der Waals surface area contributed by atoms with E-state index in [1.54, 1.807) is 18.2 Å². The number of nitrogens with zero attached hydrogens (tertiary/aromatic N) is 3. The molecule has 2 amide bonds. The third-order valence-electron chi connectivity index (χ3n) is 5.08. The van der Waals surface area contributed by atoms with E-state index in [-0.39, 0.29) is 11.8 Å². The molecule has 0 N–H and O–H groups in total. The summed E-state index contributed by atoms with van der Waals surface area (Å²) < 4.78 is 0. The lowest BCUT2D eigenvalue weighted by Gasteiger charge is -2.31. The monoisotopic (exact) mass is 329 g/mol. The maximum Gasteiger partial charge on any atom is 0.272 e. The Balaban J connectivity index is 1.73. The number of pyridine rings is 1. The highest BCUT2D eigenvalue weighted by Crippen LogP contribution is 2.19. The Hall–Kier alpha value is -1.91. The van der Waals surface area contributed by atoms with Crippen LogP contribution in [-0.4, -0.2) is 52.8 Å². The van der Waals surface area contributed by atoms with Gasteiger partial charge in [-0.25, -0.2) is 4.98 Å². The fourth-order valence-electron chi connectivity index (χ4n) is 3.74. The van der Waals surface area contributed by atoms with Crippen LogP contribution in [0.5, 0.6) is 0 Å². The van der Waals surface area contributed by atoms with Crippen LogP contribution in [0.3, 0.4) is 0 Å². The van der Waals surface area contributed by atoms with Crippen molar-refractivity contribution in [3.8, 4) is 0 Å². The second kappa shape index (κ2) is 7.32. The lowest BCUT2D eigenvalue weighted by Crippen LogP contribution is -2.41. The maximum atomic E-state index is 12.7. The first-order valence-corrected chi connectivity index (χ1v) is 9.10. The summed E-state index contributed by atoms with van der Waals surface area (Å²) in [7, 11) is 0. The van der Waals surface area contributed by atoms with Crippen LogP contribution in [0.1, 0.15) is 60.5 Å². The molecule has 5 heteroatoms. The second-order valence-corrected chi connectivity index (χ2v) is 7.41. The van der Waals surface area contributed by atoms with Gasteiger partial charge in [0.25, 0.3) is 11.8 Å². The smallest absolute Gasteiger partial charge is 0.272 e. The zero-order valence-electron chi connectivity index (χ0n) is 14.7. The number of carbonyl (C=O) groups excluding carboxylic acids is 2. The molecule has 2 fully saturated rings. The Labute approximate surface area is 144 Å². The summed E-state index contributed by atoms with van der Waals surface area (Å²) >= 11 is 0. The minimum absolute atomic E-state index is 0.0526. The Morgan fingerprint density at radius 3 is 1.79 bits per heavy atom. The number of carbonyl (C=O) groups is 2. The molecule has 0 bridgehead atoms. The molecule has 2 atom stereocenters. The molecular formula is C19H27N3O2. The first kappa shape index (κ1) is 16.9. The van der Waals surface area contributed by atoms with Gasteiger partial charge in [0.2, 0.25) is 0 Å². The van der Waals surface area contributed by atoms with Crippen molar-refractivity contribution in [2.75, 3.05) is 26.2 Å². The topological polar surface area (TPSA) is 53.5 Å². The lowest BCUT2D eigenvalue weighted by molar-refractivity contribution is 0.0668. The first-order valence-electron chi connectivity index (χ1n) is 9.10. The van der Waals surface area contributed by atoms with Crippen LogP contribution in [-0.2, 0) is 0 Å². The molecule has 3 rings (SSSR count). The number of piperidine rings is 2. The van der Waals surface area contributed by atoms with E-state index in [0.717, 1.165) is 39.0 Å². The van der Waals surface area contributed by atoms with Crippen molar-refractivity contribution < 1.29 is 9.59 Å². The summed E-state index contributed by atoms with van der Waals surface area (Å²) in [6.45, 7) is 7.47. The fraction of sp³-hybridized carbons (Fsp3) is 0.632. The molecular weight excluding hydrogens is 302 g/mol. The molecule has 130 valence electrons. The minimum Gasteiger partial charge on any atom is -0.337 e. The molecule has 1 aromatic rings. The van der Waals surface area contributed by atoms with Crippen LogP contribution in [0.2, 0.25) is 0 Å². The average molecular weight is 329 g/mol. The number of hydrogen-bond donors (Lipinski definition) is 0. The van der Waals surface area contributed by atoms with Crippen LogP contribution >= 0.6 is 0 Å². The summed E-state index contributed by atoms with van der Waals surface area (Å²) in [5.74, 6) is 0.955. The Bertz CT molecular complexity index is 567. The molecule has 0 aromatic carbocycles. The van der Waals surface area contributed by atoms with E-state index in [4.69, 9.17) is 0 Å². The van der Waals surface area contributed by atoms with Crippen molar-refractivity contribution in [2.24, 2.45) is 11.8 Å². The maximum absolute atomic E-state index is 12.7. The quantitative estimate of drug-likeness (QED) is 0.838. The third-order valence-corrected chi connectivity index (χ3v) is 5.08. The van der Waals surface area contributed by atoms with Crippen LogP contribution in [0.25, 0.3) is 0 Å². The molecule has 0 saturated carbocycles. The normalized spacial score (nSPS) is 24.8. The van der Waals surface area contributed by atoms with Crippen molar-refractivity contribution in [3.63, 3.8) is 0 Å².